The number of fused-ring (bicyclic) bond motifs is 7. The highest BCUT2D eigenvalue weighted by molar-refractivity contribution is 6.25. The van der Waals surface area contributed by atoms with Crippen LogP contribution in [0.1, 0.15) is 0 Å². The van der Waals surface area contributed by atoms with Crippen molar-refractivity contribution >= 4 is 49.4 Å². The minimum absolute atomic E-state index is 1.13. The quantitative estimate of drug-likeness (QED) is 0.156. The Bertz CT molecular complexity index is 3060. The van der Waals surface area contributed by atoms with Gasteiger partial charge in [0.1, 0.15) is 0 Å². The van der Waals surface area contributed by atoms with Crippen molar-refractivity contribution in [2.75, 3.05) is 4.90 Å². The fourth-order valence-electron chi connectivity index (χ4n) is 8.84. The first kappa shape index (κ1) is 31.3. The van der Waals surface area contributed by atoms with Crippen LogP contribution in [0.25, 0.3) is 88.0 Å². The van der Waals surface area contributed by atoms with Gasteiger partial charge in [0.05, 0.1) is 5.69 Å². The molecule has 0 fully saturated rings. The number of rotatable bonds is 6. The Morgan fingerprint density at radius 1 is 0.255 bits per heavy atom. The fourth-order valence-corrected chi connectivity index (χ4v) is 8.84. The van der Waals surface area contributed by atoms with Gasteiger partial charge < -0.3 is 4.90 Å². The second-order valence-corrected chi connectivity index (χ2v) is 14.5. The molecule has 0 N–H and O–H groups in total. The van der Waals surface area contributed by atoms with E-state index in [-0.39, 0.29) is 0 Å². The lowest BCUT2D eigenvalue weighted by Crippen LogP contribution is -2.11. The van der Waals surface area contributed by atoms with Crippen LogP contribution in [-0.4, -0.2) is 0 Å². The third-order valence-corrected chi connectivity index (χ3v) is 11.3. The predicted octanol–water partition coefficient (Wildman–Crippen LogP) is 15.3. The smallest absolute Gasteiger partial charge is 0.0540 e. The summed E-state index contributed by atoms with van der Waals surface area (Å²) in [5.41, 5.74) is 16.1. The molecule has 1 aliphatic carbocycles. The Morgan fingerprint density at radius 2 is 0.709 bits per heavy atom. The summed E-state index contributed by atoms with van der Waals surface area (Å²) in [7, 11) is 0. The first-order valence-corrected chi connectivity index (χ1v) is 19.0. The molecule has 1 aliphatic rings. The molecule has 0 saturated heterocycles. The molecule has 0 spiro atoms. The summed E-state index contributed by atoms with van der Waals surface area (Å²) < 4.78 is 0. The van der Waals surface area contributed by atoms with Gasteiger partial charge in [0.2, 0.25) is 0 Å². The minimum atomic E-state index is 1.13. The maximum Gasteiger partial charge on any atom is 0.0540 e. The number of benzene rings is 10. The van der Waals surface area contributed by atoms with Gasteiger partial charge >= 0.3 is 0 Å². The highest BCUT2D eigenvalue weighted by Gasteiger charge is 2.27. The predicted molar refractivity (Wildman–Crippen MR) is 234 cm³/mol. The zero-order valence-electron chi connectivity index (χ0n) is 30.2. The molecule has 0 radical (unpaired) electrons. The molecule has 256 valence electrons. The van der Waals surface area contributed by atoms with E-state index in [0.29, 0.717) is 0 Å². The fraction of sp³-hybridized carbons (Fsp3) is 0. The SMILES string of the molecule is c1ccc(-c2ccccc2N(c2ccccc2)c2ccc3cc4c(cc3c2)-c2cc3c(-c5ccccc5)c5ccccc5c(-c5ccccc5)c3cc2-4)cc1. The topological polar surface area (TPSA) is 3.24 Å². The van der Waals surface area contributed by atoms with E-state index in [4.69, 9.17) is 0 Å². The van der Waals surface area contributed by atoms with Gasteiger partial charge in [-0.3, -0.25) is 0 Å². The summed E-state index contributed by atoms with van der Waals surface area (Å²) >= 11 is 0. The molecular formula is C54H35N. The van der Waals surface area contributed by atoms with E-state index in [1.807, 2.05) is 0 Å². The summed E-state index contributed by atoms with van der Waals surface area (Å²) in [6.07, 6.45) is 0. The maximum atomic E-state index is 2.47. The van der Waals surface area contributed by atoms with E-state index in [9.17, 15) is 0 Å². The molecule has 1 heteroatoms. The molecular weight excluding hydrogens is 663 g/mol. The first-order chi connectivity index (χ1) is 27.3. The van der Waals surface area contributed by atoms with Crippen LogP contribution in [0.2, 0.25) is 0 Å². The van der Waals surface area contributed by atoms with Gasteiger partial charge in [-0.15, -0.1) is 0 Å². The van der Waals surface area contributed by atoms with Crippen LogP contribution in [0, 0.1) is 0 Å². The molecule has 0 amide bonds. The Labute approximate surface area is 321 Å². The molecule has 11 rings (SSSR count). The van der Waals surface area contributed by atoms with Crippen LogP contribution in [-0.2, 0) is 0 Å². The number of para-hydroxylation sites is 2. The first-order valence-electron chi connectivity index (χ1n) is 19.0. The van der Waals surface area contributed by atoms with E-state index in [0.717, 1.165) is 17.1 Å². The Morgan fingerprint density at radius 3 is 1.29 bits per heavy atom. The van der Waals surface area contributed by atoms with Gasteiger partial charge in [-0.1, -0.05) is 158 Å². The second-order valence-electron chi connectivity index (χ2n) is 14.5. The summed E-state index contributed by atoms with van der Waals surface area (Å²) in [6, 6.07) is 77.5. The van der Waals surface area contributed by atoms with Crippen molar-refractivity contribution in [3.63, 3.8) is 0 Å². The largest absolute Gasteiger partial charge is 0.310 e. The maximum absolute atomic E-state index is 2.47. The van der Waals surface area contributed by atoms with Crippen molar-refractivity contribution in [2.45, 2.75) is 0 Å². The highest BCUT2D eigenvalue weighted by Crippen LogP contribution is 2.54. The molecule has 0 aromatic heterocycles. The average Bonchev–Trinajstić information content (AvgIpc) is 3.26. The van der Waals surface area contributed by atoms with Crippen molar-refractivity contribution in [1.29, 1.82) is 0 Å². The van der Waals surface area contributed by atoms with Crippen molar-refractivity contribution in [3.05, 3.63) is 212 Å². The molecule has 0 aliphatic heterocycles. The average molecular weight is 698 g/mol. The third kappa shape index (κ3) is 5.09. The Balaban J connectivity index is 1.11. The standard InChI is InChI=1S/C54H35N/c1-5-17-36(18-6-1)43-25-15-16-28-52(43)55(41-23-11-4-12-24-41)42-30-29-39-32-46-47(33-40(39)31-42)49-35-51-50(34-48(46)49)53(37-19-7-2-8-20-37)44-26-13-14-27-45(44)54(51)38-21-9-3-10-22-38/h1-35H. The van der Waals surface area contributed by atoms with Crippen LogP contribution >= 0.6 is 0 Å². The van der Waals surface area contributed by atoms with Crippen LogP contribution in [0.5, 0.6) is 0 Å². The zero-order chi connectivity index (χ0) is 36.3. The van der Waals surface area contributed by atoms with E-state index >= 15 is 0 Å². The zero-order valence-corrected chi connectivity index (χ0v) is 30.2. The lowest BCUT2D eigenvalue weighted by molar-refractivity contribution is 1.29. The molecule has 55 heavy (non-hydrogen) atoms. The van der Waals surface area contributed by atoms with Gasteiger partial charge in [0.25, 0.3) is 0 Å². The Kier molecular flexibility index (Phi) is 7.25. The highest BCUT2D eigenvalue weighted by atomic mass is 15.1. The van der Waals surface area contributed by atoms with Gasteiger partial charge in [-0.2, -0.15) is 0 Å². The molecule has 0 unspecified atom stereocenters. The van der Waals surface area contributed by atoms with Crippen molar-refractivity contribution < 1.29 is 0 Å². The normalized spacial score (nSPS) is 11.6. The van der Waals surface area contributed by atoms with Crippen molar-refractivity contribution in [1.82, 2.24) is 0 Å². The summed E-state index contributed by atoms with van der Waals surface area (Å²) in [5, 5.41) is 7.60. The number of anilines is 3. The number of hydrogen-bond donors (Lipinski definition) is 0. The summed E-state index contributed by atoms with van der Waals surface area (Å²) in [6.45, 7) is 0. The van der Waals surface area contributed by atoms with Crippen LogP contribution in [0.15, 0.2) is 212 Å². The molecule has 10 aromatic rings. The van der Waals surface area contributed by atoms with Crippen LogP contribution in [0.4, 0.5) is 17.1 Å². The molecule has 0 saturated carbocycles. The van der Waals surface area contributed by atoms with Gasteiger partial charge in [0.15, 0.2) is 0 Å². The summed E-state index contributed by atoms with van der Waals surface area (Å²) in [4.78, 5) is 2.39. The van der Waals surface area contributed by atoms with Crippen molar-refractivity contribution in [2.24, 2.45) is 0 Å². The molecule has 0 heterocycles. The molecule has 10 aromatic carbocycles. The van der Waals surface area contributed by atoms with E-state index in [1.54, 1.807) is 0 Å². The van der Waals surface area contributed by atoms with E-state index in [2.05, 4.69) is 217 Å². The second kappa shape index (κ2) is 12.7. The minimum Gasteiger partial charge on any atom is -0.310 e. The summed E-state index contributed by atoms with van der Waals surface area (Å²) in [5.74, 6) is 0. The molecule has 0 bridgehead atoms. The third-order valence-electron chi connectivity index (χ3n) is 11.3. The van der Waals surface area contributed by atoms with Crippen LogP contribution in [0.3, 0.4) is 0 Å². The van der Waals surface area contributed by atoms with E-state index in [1.165, 1.54) is 88.0 Å². The molecule has 0 atom stereocenters. The Hall–Kier alpha value is -7.22. The van der Waals surface area contributed by atoms with Crippen LogP contribution < -0.4 is 4.90 Å². The lowest BCUT2D eigenvalue weighted by atomic mass is 9.75. The number of nitrogens with zero attached hydrogens (tertiary/aromatic N) is 1. The van der Waals surface area contributed by atoms with Crippen molar-refractivity contribution in [3.8, 4) is 55.6 Å². The van der Waals surface area contributed by atoms with Gasteiger partial charge in [-0.05, 0) is 137 Å². The van der Waals surface area contributed by atoms with Gasteiger partial charge in [-0.25, -0.2) is 0 Å². The van der Waals surface area contributed by atoms with E-state index < -0.39 is 0 Å². The monoisotopic (exact) mass is 697 g/mol. The number of hydrogen-bond acceptors (Lipinski definition) is 1. The molecule has 1 nitrogen and oxygen atoms in total. The van der Waals surface area contributed by atoms with Gasteiger partial charge in [0, 0.05) is 16.9 Å². The lowest BCUT2D eigenvalue weighted by Gasteiger charge is -2.29.